The number of furan rings is 1. The van der Waals surface area contributed by atoms with Crippen LogP contribution in [0.4, 0.5) is 0 Å². The summed E-state index contributed by atoms with van der Waals surface area (Å²) in [5, 5.41) is 10.0. The molecule has 1 atom stereocenters. The SMILES string of the molecule is OC(c1ccc(I)cc1)c1occc1Br. The summed E-state index contributed by atoms with van der Waals surface area (Å²) >= 11 is 5.55. The van der Waals surface area contributed by atoms with Gasteiger partial charge in [0, 0.05) is 3.57 Å². The first-order valence-electron chi connectivity index (χ1n) is 4.35. The fourth-order valence-electron chi connectivity index (χ4n) is 1.30. The second kappa shape index (κ2) is 4.67. The van der Waals surface area contributed by atoms with Crippen LogP contribution in [0.5, 0.6) is 0 Å². The van der Waals surface area contributed by atoms with Gasteiger partial charge in [-0.2, -0.15) is 0 Å². The predicted molar refractivity (Wildman–Crippen MR) is 69.6 cm³/mol. The molecule has 2 nitrogen and oxygen atoms in total. The van der Waals surface area contributed by atoms with Gasteiger partial charge >= 0.3 is 0 Å². The van der Waals surface area contributed by atoms with Gasteiger partial charge < -0.3 is 9.52 Å². The maximum Gasteiger partial charge on any atom is 0.150 e. The summed E-state index contributed by atoms with van der Waals surface area (Å²) < 4.78 is 7.14. The number of hydrogen-bond donors (Lipinski definition) is 1. The molecule has 2 aromatic rings. The minimum atomic E-state index is -0.716. The standard InChI is InChI=1S/C11H8BrIO2/c12-9-5-6-15-11(9)10(14)7-1-3-8(13)4-2-7/h1-6,10,14H. The molecular formula is C11H8BrIO2. The number of halogens is 2. The van der Waals surface area contributed by atoms with Gasteiger partial charge in [-0.25, -0.2) is 0 Å². The molecule has 0 saturated heterocycles. The summed E-state index contributed by atoms with van der Waals surface area (Å²) in [7, 11) is 0. The van der Waals surface area contributed by atoms with Crippen molar-refractivity contribution in [3.8, 4) is 0 Å². The average molecular weight is 379 g/mol. The van der Waals surface area contributed by atoms with E-state index in [9.17, 15) is 5.11 Å². The lowest BCUT2D eigenvalue weighted by molar-refractivity contribution is 0.188. The molecule has 1 aromatic heterocycles. The van der Waals surface area contributed by atoms with E-state index < -0.39 is 6.10 Å². The molecule has 15 heavy (non-hydrogen) atoms. The van der Waals surface area contributed by atoms with Crippen LogP contribution in [0, 0.1) is 3.57 Å². The van der Waals surface area contributed by atoms with Gasteiger partial charge in [-0.15, -0.1) is 0 Å². The monoisotopic (exact) mass is 378 g/mol. The Morgan fingerprint density at radius 2 is 1.87 bits per heavy atom. The number of rotatable bonds is 2. The molecule has 0 amide bonds. The number of aliphatic hydroxyl groups excluding tert-OH is 1. The average Bonchev–Trinajstić information content (AvgIpc) is 2.65. The highest BCUT2D eigenvalue weighted by molar-refractivity contribution is 14.1. The van der Waals surface area contributed by atoms with Crippen molar-refractivity contribution in [3.05, 3.63) is 56.0 Å². The Morgan fingerprint density at radius 1 is 1.20 bits per heavy atom. The van der Waals surface area contributed by atoms with Crippen LogP contribution in [0.2, 0.25) is 0 Å². The molecule has 1 N–H and O–H groups in total. The van der Waals surface area contributed by atoms with Crippen LogP contribution in [-0.2, 0) is 0 Å². The molecule has 0 spiro atoms. The first-order chi connectivity index (χ1) is 7.18. The normalized spacial score (nSPS) is 12.7. The van der Waals surface area contributed by atoms with Gasteiger partial charge in [0.05, 0.1) is 10.7 Å². The largest absolute Gasteiger partial charge is 0.465 e. The predicted octanol–water partition coefficient (Wildman–Crippen LogP) is 3.73. The molecule has 0 bridgehead atoms. The van der Waals surface area contributed by atoms with Crippen molar-refractivity contribution in [2.24, 2.45) is 0 Å². The van der Waals surface area contributed by atoms with Crippen molar-refractivity contribution < 1.29 is 9.52 Å². The molecule has 0 fully saturated rings. The van der Waals surface area contributed by atoms with Crippen molar-refractivity contribution in [1.82, 2.24) is 0 Å². The topological polar surface area (TPSA) is 33.4 Å². The number of benzene rings is 1. The van der Waals surface area contributed by atoms with Crippen LogP contribution in [0.3, 0.4) is 0 Å². The van der Waals surface area contributed by atoms with Crippen molar-refractivity contribution in [3.63, 3.8) is 0 Å². The maximum atomic E-state index is 10.0. The zero-order valence-corrected chi connectivity index (χ0v) is 11.4. The van der Waals surface area contributed by atoms with E-state index in [0.717, 1.165) is 13.6 Å². The van der Waals surface area contributed by atoms with E-state index in [1.807, 2.05) is 24.3 Å². The summed E-state index contributed by atoms with van der Waals surface area (Å²) in [6.45, 7) is 0. The molecule has 0 aliphatic rings. The molecule has 0 aliphatic carbocycles. The lowest BCUT2D eigenvalue weighted by Gasteiger charge is -2.08. The van der Waals surface area contributed by atoms with E-state index >= 15 is 0 Å². The molecule has 0 radical (unpaired) electrons. The van der Waals surface area contributed by atoms with Gasteiger partial charge in [-0.3, -0.25) is 0 Å². The highest BCUT2D eigenvalue weighted by Crippen LogP contribution is 2.29. The lowest BCUT2D eigenvalue weighted by atomic mass is 10.1. The zero-order valence-electron chi connectivity index (χ0n) is 7.65. The van der Waals surface area contributed by atoms with Crippen LogP contribution in [0.15, 0.2) is 45.5 Å². The number of aliphatic hydroxyl groups is 1. The van der Waals surface area contributed by atoms with Gasteiger partial charge in [0.25, 0.3) is 0 Å². The number of hydrogen-bond acceptors (Lipinski definition) is 2. The highest BCUT2D eigenvalue weighted by atomic mass is 127. The third kappa shape index (κ3) is 2.43. The Bertz CT molecular complexity index is 450. The molecule has 78 valence electrons. The van der Waals surface area contributed by atoms with Crippen molar-refractivity contribution in [2.75, 3.05) is 0 Å². The highest BCUT2D eigenvalue weighted by Gasteiger charge is 2.16. The fraction of sp³-hybridized carbons (Fsp3) is 0.0909. The van der Waals surface area contributed by atoms with E-state index in [2.05, 4.69) is 38.5 Å². The third-order valence-corrected chi connectivity index (χ3v) is 3.45. The van der Waals surface area contributed by atoms with Gasteiger partial charge in [0.1, 0.15) is 6.10 Å². The first-order valence-corrected chi connectivity index (χ1v) is 6.22. The van der Waals surface area contributed by atoms with E-state index in [1.54, 1.807) is 12.3 Å². The fourth-order valence-corrected chi connectivity index (χ4v) is 2.07. The molecule has 1 aromatic carbocycles. The summed E-state index contributed by atoms with van der Waals surface area (Å²) in [5.41, 5.74) is 0.825. The van der Waals surface area contributed by atoms with Gasteiger partial charge in [-0.1, -0.05) is 12.1 Å². The van der Waals surface area contributed by atoms with Crippen molar-refractivity contribution in [1.29, 1.82) is 0 Å². The second-order valence-electron chi connectivity index (χ2n) is 3.09. The zero-order chi connectivity index (χ0) is 10.8. The Kier molecular flexibility index (Phi) is 3.48. The molecular weight excluding hydrogens is 371 g/mol. The summed E-state index contributed by atoms with van der Waals surface area (Å²) in [6.07, 6.45) is 0.835. The third-order valence-electron chi connectivity index (χ3n) is 2.08. The molecule has 2 rings (SSSR count). The summed E-state index contributed by atoms with van der Waals surface area (Å²) in [5.74, 6) is 0.538. The Morgan fingerprint density at radius 3 is 2.40 bits per heavy atom. The van der Waals surface area contributed by atoms with E-state index in [-0.39, 0.29) is 0 Å². The summed E-state index contributed by atoms with van der Waals surface area (Å²) in [6, 6.07) is 9.46. The quantitative estimate of drug-likeness (QED) is 0.808. The van der Waals surface area contributed by atoms with Crippen LogP contribution >= 0.6 is 38.5 Å². The Hall–Kier alpha value is -0.330. The minimum Gasteiger partial charge on any atom is -0.465 e. The van der Waals surface area contributed by atoms with Crippen LogP contribution in [0.1, 0.15) is 17.4 Å². The molecule has 1 unspecified atom stereocenters. The second-order valence-corrected chi connectivity index (χ2v) is 5.19. The molecule has 0 aliphatic heterocycles. The summed E-state index contributed by atoms with van der Waals surface area (Å²) in [4.78, 5) is 0. The minimum absolute atomic E-state index is 0.538. The van der Waals surface area contributed by atoms with Crippen LogP contribution < -0.4 is 0 Å². The van der Waals surface area contributed by atoms with E-state index in [0.29, 0.717) is 5.76 Å². The molecule has 1 heterocycles. The van der Waals surface area contributed by atoms with E-state index in [1.165, 1.54) is 0 Å². The molecule has 4 heteroatoms. The van der Waals surface area contributed by atoms with Crippen molar-refractivity contribution in [2.45, 2.75) is 6.10 Å². The van der Waals surface area contributed by atoms with Crippen LogP contribution in [0.25, 0.3) is 0 Å². The Labute approximate surface area is 110 Å². The lowest BCUT2D eigenvalue weighted by Crippen LogP contribution is -1.98. The van der Waals surface area contributed by atoms with Gasteiger partial charge in [0.15, 0.2) is 5.76 Å². The van der Waals surface area contributed by atoms with Crippen LogP contribution in [-0.4, -0.2) is 5.11 Å². The first kappa shape index (κ1) is 11.2. The smallest absolute Gasteiger partial charge is 0.150 e. The maximum absolute atomic E-state index is 10.0. The van der Waals surface area contributed by atoms with Gasteiger partial charge in [0.2, 0.25) is 0 Å². The van der Waals surface area contributed by atoms with Crippen molar-refractivity contribution >= 4 is 38.5 Å². The Balaban J connectivity index is 2.32. The van der Waals surface area contributed by atoms with E-state index in [4.69, 9.17) is 4.42 Å². The molecule has 0 saturated carbocycles. The van der Waals surface area contributed by atoms with Gasteiger partial charge in [-0.05, 0) is 62.3 Å².